The molecule has 0 unspecified atom stereocenters. The van der Waals surface area contributed by atoms with E-state index < -0.39 is 0 Å². The van der Waals surface area contributed by atoms with Gasteiger partial charge in [-0.3, -0.25) is 0 Å². The Morgan fingerprint density at radius 2 is 1.10 bits per heavy atom. The molecule has 0 fully saturated rings. The van der Waals surface area contributed by atoms with E-state index in [0.717, 1.165) is 61.5 Å². The molecule has 0 aliphatic carbocycles. The van der Waals surface area contributed by atoms with Gasteiger partial charge in [0.05, 0.1) is 0 Å². The van der Waals surface area contributed by atoms with Gasteiger partial charge in [0, 0.05) is 66.8 Å². The van der Waals surface area contributed by atoms with Crippen molar-refractivity contribution < 1.29 is 25.8 Å². The zero-order valence-electron chi connectivity index (χ0n) is 40.6. The molecular formula is C64H55N4OPt-3. The molecule has 3 heterocycles. The van der Waals surface area contributed by atoms with E-state index >= 15 is 0 Å². The Morgan fingerprint density at radius 1 is 0.471 bits per heavy atom. The standard InChI is InChI=1S/C64H55N4O.Pt/c1-62(2,3)48-34-35-65-61(40-48)68-57-33-30-45(44-20-11-8-12-21-44)36-56(57)55-32-31-53(42-60(55)68)69-54-39-50(64(6,7)47-24-15-10-16-25-47)38-52(41-54)67-43-66(58-28-17-18-29-59(58)67)51-27-19-26-49(37-51)63(4,5)46-22-13-9-14-23-46;/h8-40,43H,1-7H3;/q-3;. The van der Waals surface area contributed by atoms with E-state index in [4.69, 9.17) is 9.72 Å². The number of hydrogen-bond donors (Lipinski definition) is 0. The quantitative estimate of drug-likeness (QED) is 0.128. The van der Waals surface area contributed by atoms with Crippen molar-refractivity contribution in [3.8, 4) is 28.4 Å². The molecule has 0 N–H and O–H groups in total. The maximum absolute atomic E-state index is 7.01. The molecule has 0 saturated heterocycles. The second kappa shape index (κ2) is 18.3. The Labute approximate surface area is 427 Å². The molecule has 350 valence electrons. The van der Waals surface area contributed by atoms with Crippen LogP contribution in [0.15, 0.2) is 200 Å². The first-order valence-electron chi connectivity index (χ1n) is 23.9. The molecule has 0 radical (unpaired) electrons. The second-order valence-electron chi connectivity index (χ2n) is 20.3. The molecule has 11 rings (SSSR count). The first kappa shape index (κ1) is 46.5. The van der Waals surface area contributed by atoms with Crippen LogP contribution in [-0.4, -0.2) is 9.55 Å². The van der Waals surface area contributed by atoms with Crippen LogP contribution in [0.1, 0.15) is 76.3 Å². The second-order valence-corrected chi connectivity index (χ2v) is 20.3. The van der Waals surface area contributed by atoms with Crippen LogP contribution in [0.2, 0.25) is 0 Å². The summed E-state index contributed by atoms with van der Waals surface area (Å²) >= 11 is 0. The van der Waals surface area contributed by atoms with E-state index in [9.17, 15) is 0 Å². The average Bonchev–Trinajstić information content (AvgIpc) is 3.93. The van der Waals surface area contributed by atoms with Gasteiger partial charge in [-0.1, -0.05) is 181 Å². The first-order chi connectivity index (χ1) is 33.3. The molecule has 0 bridgehead atoms. The summed E-state index contributed by atoms with van der Waals surface area (Å²) < 4.78 is 9.24. The van der Waals surface area contributed by atoms with Crippen LogP contribution in [0.3, 0.4) is 0 Å². The molecule has 6 heteroatoms. The number of pyridine rings is 1. The zero-order valence-corrected chi connectivity index (χ0v) is 42.9. The van der Waals surface area contributed by atoms with Crippen LogP contribution in [0.25, 0.3) is 38.8 Å². The summed E-state index contributed by atoms with van der Waals surface area (Å²) in [6.45, 7) is 18.0. The summed E-state index contributed by atoms with van der Waals surface area (Å²) in [5.74, 6) is 2.02. The smallest absolute Gasteiger partial charge is 0.135 e. The maximum atomic E-state index is 7.01. The topological polar surface area (TPSA) is 33.5 Å². The molecule has 5 nitrogen and oxygen atoms in total. The molecule has 0 spiro atoms. The first-order valence-corrected chi connectivity index (χ1v) is 23.9. The minimum atomic E-state index is -0.375. The third-order valence-electron chi connectivity index (χ3n) is 14.1. The number of fused-ring (bicyclic) bond motifs is 4. The van der Waals surface area contributed by atoms with E-state index in [1.54, 1.807) is 0 Å². The van der Waals surface area contributed by atoms with Crippen molar-refractivity contribution in [2.75, 3.05) is 9.80 Å². The molecule has 70 heavy (non-hydrogen) atoms. The van der Waals surface area contributed by atoms with Crippen LogP contribution in [0.4, 0.5) is 22.7 Å². The van der Waals surface area contributed by atoms with E-state index in [1.165, 1.54) is 27.8 Å². The van der Waals surface area contributed by atoms with Gasteiger partial charge in [-0.2, -0.15) is 6.07 Å². The van der Waals surface area contributed by atoms with Gasteiger partial charge in [-0.05, 0) is 92.1 Å². The van der Waals surface area contributed by atoms with Crippen molar-refractivity contribution in [3.63, 3.8) is 0 Å². The summed E-state index contributed by atoms with van der Waals surface area (Å²) in [5.41, 5.74) is 13.8. The molecular weight excluding hydrogens is 1040 g/mol. The molecule has 0 amide bonds. The van der Waals surface area contributed by atoms with Gasteiger partial charge in [0.1, 0.15) is 5.82 Å². The largest absolute Gasteiger partial charge is 0.509 e. The molecule has 2 aromatic heterocycles. The van der Waals surface area contributed by atoms with Crippen LogP contribution in [-0.2, 0) is 37.3 Å². The van der Waals surface area contributed by atoms with Crippen molar-refractivity contribution in [2.45, 2.75) is 64.7 Å². The third-order valence-corrected chi connectivity index (χ3v) is 14.1. The van der Waals surface area contributed by atoms with E-state index in [-0.39, 0.29) is 37.3 Å². The van der Waals surface area contributed by atoms with Gasteiger partial charge in [-0.15, -0.1) is 53.6 Å². The Hall–Kier alpha value is -7.20. The van der Waals surface area contributed by atoms with Crippen LogP contribution < -0.4 is 14.5 Å². The van der Waals surface area contributed by atoms with Crippen molar-refractivity contribution in [1.29, 1.82) is 0 Å². The minimum absolute atomic E-state index is 0. The predicted octanol–water partition coefficient (Wildman–Crippen LogP) is 16.6. The van der Waals surface area contributed by atoms with E-state index in [2.05, 4.69) is 270 Å². The molecule has 1 aliphatic rings. The van der Waals surface area contributed by atoms with E-state index in [1.807, 2.05) is 12.3 Å². The molecule has 8 aromatic carbocycles. The fourth-order valence-electron chi connectivity index (χ4n) is 9.83. The molecule has 0 atom stereocenters. The Kier molecular flexibility index (Phi) is 12.1. The van der Waals surface area contributed by atoms with E-state index in [0.29, 0.717) is 11.5 Å². The summed E-state index contributed by atoms with van der Waals surface area (Å²) in [7, 11) is 0. The maximum Gasteiger partial charge on any atom is 0.135 e. The Bertz CT molecular complexity index is 3500. The number of rotatable bonds is 10. The SMILES string of the molecule is CC(C)(C)c1ccnc(-n2c3[c-]c(Oc4[c-]c(N5[CH-]N(c6cccc(C(C)(C)c7ccccc7)c6)c6ccccc65)cc(C(C)(C)c5ccccc5)c4)ccc3c3cc(-c4ccccc4)ccc32)c1.[Pt]. The van der Waals surface area contributed by atoms with Gasteiger partial charge < -0.3 is 19.1 Å². The van der Waals surface area contributed by atoms with Crippen LogP contribution in [0.5, 0.6) is 11.5 Å². The number of nitrogens with zero attached hydrogens (tertiary/aromatic N) is 4. The van der Waals surface area contributed by atoms with Gasteiger partial charge in [-0.25, -0.2) is 4.98 Å². The van der Waals surface area contributed by atoms with Crippen LogP contribution in [0, 0.1) is 18.8 Å². The number of para-hydroxylation sites is 2. The molecule has 10 aromatic rings. The third kappa shape index (κ3) is 8.51. The normalized spacial score (nSPS) is 12.8. The zero-order chi connectivity index (χ0) is 47.5. The summed E-state index contributed by atoms with van der Waals surface area (Å²) in [6.07, 6.45) is 1.92. The summed E-state index contributed by atoms with van der Waals surface area (Å²) in [6, 6.07) is 76.6. The number of aromatic nitrogens is 2. The van der Waals surface area contributed by atoms with Gasteiger partial charge in [0.15, 0.2) is 0 Å². The van der Waals surface area contributed by atoms with Crippen LogP contribution >= 0.6 is 0 Å². The fourth-order valence-corrected chi connectivity index (χ4v) is 9.83. The number of anilines is 4. The van der Waals surface area contributed by atoms with Gasteiger partial charge in [0.2, 0.25) is 0 Å². The minimum Gasteiger partial charge on any atom is -0.509 e. The molecule has 0 saturated carbocycles. The fraction of sp³-hybridized carbons (Fsp3) is 0.156. The molecule has 1 aliphatic heterocycles. The van der Waals surface area contributed by atoms with Crippen molar-refractivity contribution in [3.05, 3.63) is 247 Å². The number of ether oxygens (including phenoxy) is 1. The van der Waals surface area contributed by atoms with Crippen molar-refractivity contribution in [2.24, 2.45) is 0 Å². The Morgan fingerprint density at radius 3 is 1.79 bits per heavy atom. The summed E-state index contributed by atoms with van der Waals surface area (Å²) in [5, 5.41) is 2.20. The Balaban J connectivity index is 0.00000567. The summed E-state index contributed by atoms with van der Waals surface area (Å²) in [4.78, 5) is 9.50. The average molecular weight is 1090 g/mol. The van der Waals surface area contributed by atoms with Gasteiger partial charge >= 0.3 is 0 Å². The monoisotopic (exact) mass is 1090 g/mol. The van der Waals surface area contributed by atoms with Gasteiger partial charge in [0.25, 0.3) is 0 Å². The number of hydrogen-bond acceptors (Lipinski definition) is 4. The number of benzene rings is 8. The van der Waals surface area contributed by atoms with Crippen molar-refractivity contribution >= 4 is 44.6 Å². The predicted molar refractivity (Wildman–Crippen MR) is 286 cm³/mol. The van der Waals surface area contributed by atoms with Crippen molar-refractivity contribution in [1.82, 2.24) is 9.55 Å².